The van der Waals surface area contributed by atoms with Gasteiger partial charge in [0.15, 0.2) is 0 Å². The first-order chi connectivity index (χ1) is 16.0. The quantitative estimate of drug-likeness (QED) is 0.457. The highest BCUT2D eigenvalue weighted by Gasteiger charge is 2.24. The Labute approximate surface area is 185 Å². The van der Waals surface area contributed by atoms with Crippen molar-refractivity contribution in [1.82, 2.24) is 19.7 Å². The largest absolute Gasteiger partial charge is 0.460 e. The molecule has 4 aromatic rings. The second-order valence-electron chi connectivity index (χ2n) is 7.20. The van der Waals surface area contributed by atoms with E-state index in [-0.39, 0.29) is 5.82 Å². The summed E-state index contributed by atoms with van der Waals surface area (Å²) in [6.07, 6.45) is 6.84. The minimum atomic E-state index is -0.967. The number of hydrogen-bond donors (Lipinski definition) is 2. The summed E-state index contributed by atoms with van der Waals surface area (Å²) in [5.41, 5.74) is 8.65. The maximum atomic E-state index is 13.3. The average molecular weight is 430 g/mol. The Morgan fingerprint density at radius 2 is 2.03 bits per heavy atom. The van der Waals surface area contributed by atoms with Crippen molar-refractivity contribution in [2.45, 2.75) is 0 Å². The third-order valence-corrected chi connectivity index (χ3v) is 4.74. The number of ether oxygens (including phenoxy) is 1. The first kappa shape index (κ1) is 18.4. The average Bonchev–Trinajstić information content (AvgIpc) is 3.20. The third kappa shape index (κ3) is 4.08. The maximum absolute atomic E-state index is 13.3. The van der Waals surface area contributed by atoms with Gasteiger partial charge in [-0.1, -0.05) is 6.07 Å². The van der Waals surface area contributed by atoms with Gasteiger partial charge in [-0.05, 0) is 48.5 Å². The Morgan fingerprint density at radius 1 is 1.19 bits per heavy atom. The van der Waals surface area contributed by atoms with Crippen LogP contribution in [-0.4, -0.2) is 26.3 Å². The first-order valence-corrected chi connectivity index (χ1v) is 9.81. The molecule has 1 aliphatic heterocycles. The number of aryl methyl sites for hydroxylation is 1. The molecule has 0 radical (unpaired) electrons. The van der Waals surface area contributed by atoms with E-state index in [2.05, 4.69) is 20.4 Å². The zero-order chi connectivity index (χ0) is 22.9. The molecule has 0 bridgehead atoms. The summed E-state index contributed by atoms with van der Waals surface area (Å²) in [6.45, 7) is -0.967. The van der Waals surface area contributed by atoms with E-state index < -0.39 is 6.52 Å². The van der Waals surface area contributed by atoms with E-state index in [1.54, 1.807) is 46.4 Å². The van der Waals surface area contributed by atoms with Crippen molar-refractivity contribution >= 4 is 34.9 Å². The number of aromatic nitrogens is 4. The van der Waals surface area contributed by atoms with Crippen molar-refractivity contribution in [2.75, 3.05) is 22.5 Å². The van der Waals surface area contributed by atoms with Gasteiger partial charge in [0.2, 0.25) is 5.95 Å². The topological polar surface area (TPSA) is 94.1 Å². The van der Waals surface area contributed by atoms with E-state index in [1.807, 2.05) is 19.2 Å². The Kier molecular flexibility index (Phi) is 4.61. The Balaban J connectivity index is 1.56. The summed E-state index contributed by atoms with van der Waals surface area (Å²) >= 11 is 0. The number of nitrogen functional groups attached to an aromatic ring is 1. The predicted molar refractivity (Wildman–Crippen MR) is 121 cm³/mol. The monoisotopic (exact) mass is 430 g/mol. The molecule has 0 amide bonds. The fourth-order valence-electron chi connectivity index (χ4n) is 3.30. The molecule has 1 atom stereocenters. The van der Waals surface area contributed by atoms with Gasteiger partial charge in [-0.15, -0.1) is 0 Å². The number of fused-ring (bicyclic) bond motifs is 1. The summed E-state index contributed by atoms with van der Waals surface area (Å²) in [6, 6.07) is 12.8. The molecule has 0 aliphatic carbocycles. The van der Waals surface area contributed by atoms with E-state index >= 15 is 0 Å². The zero-order valence-corrected chi connectivity index (χ0v) is 17.1. The molecule has 2 aromatic carbocycles. The van der Waals surface area contributed by atoms with Crippen LogP contribution in [0.15, 0.2) is 72.9 Å². The van der Waals surface area contributed by atoms with Crippen molar-refractivity contribution in [3.05, 3.63) is 84.3 Å². The molecule has 0 fully saturated rings. The van der Waals surface area contributed by atoms with Gasteiger partial charge in [0.05, 0.1) is 19.8 Å². The van der Waals surface area contributed by atoms with Gasteiger partial charge in [-0.25, -0.2) is 9.37 Å². The highest BCUT2D eigenvalue weighted by atomic mass is 19.1. The first-order valence-electron chi connectivity index (χ1n) is 10.4. The van der Waals surface area contributed by atoms with Crippen LogP contribution in [0.4, 0.5) is 33.2 Å². The molecular weight excluding hydrogens is 409 g/mol. The highest BCUT2D eigenvalue weighted by Crippen LogP contribution is 2.35. The normalized spacial score (nSPS) is 15.6. The summed E-state index contributed by atoms with van der Waals surface area (Å²) in [7, 11) is 1.82. The van der Waals surface area contributed by atoms with Crippen LogP contribution >= 0.6 is 0 Å². The van der Waals surface area contributed by atoms with E-state index in [1.165, 1.54) is 24.3 Å². The van der Waals surface area contributed by atoms with Crippen LogP contribution in [-0.2, 0) is 7.05 Å². The van der Waals surface area contributed by atoms with Crippen LogP contribution in [0, 0.1) is 5.82 Å². The zero-order valence-electron chi connectivity index (χ0n) is 18.1. The summed E-state index contributed by atoms with van der Waals surface area (Å²) in [4.78, 5) is 10.8. The number of nitrogens with one attached hydrogen (secondary N) is 1. The van der Waals surface area contributed by atoms with Gasteiger partial charge < -0.3 is 20.7 Å². The van der Waals surface area contributed by atoms with Crippen LogP contribution in [0.1, 0.15) is 6.93 Å². The van der Waals surface area contributed by atoms with Crippen molar-refractivity contribution in [3.63, 3.8) is 0 Å². The Hall–Kier alpha value is -4.40. The van der Waals surface area contributed by atoms with E-state index in [9.17, 15) is 4.39 Å². The molecule has 2 aromatic heterocycles. The summed E-state index contributed by atoms with van der Waals surface area (Å²) < 4.78 is 29.8. The number of benzene rings is 2. The molecule has 0 spiro atoms. The minimum Gasteiger partial charge on any atom is -0.460 e. The molecular formula is C23H20FN7O. The van der Waals surface area contributed by atoms with Gasteiger partial charge in [0.25, 0.3) is 0 Å². The molecule has 0 saturated heterocycles. The molecule has 0 saturated carbocycles. The third-order valence-electron chi connectivity index (χ3n) is 4.74. The lowest BCUT2D eigenvalue weighted by Gasteiger charge is -2.30. The maximum Gasteiger partial charge on any atom is 0.229 e. The van der Waals surface area contributed by atoms with Crippen LogP contribution in [0.3, 0.4) is 0 Å². The van der Waals surface area contributed by atoms with Crippen molar-refractivity contribution in [3.8, 4) is 5.75 Å². The van der Waals surface area contributed by atoms with Crippen molar-refractivity contribution in [2.24, 2.45) is 7.05 Å². The van der Waals surface area contributed by atoms with E-state index in [0.29, 0.717) is 40.2 Å². The van der Waals surface area contributed by atoms with Gasteiger partial charge in [-0.2, -0.15) is 10.1 Å². The van der Waals surface area contributed by atoms with Crippen LogP contribution in [0.5, 0.6) is 5.75 Å². The van der Waals surface area contributed by atoms with Crippen LogP contribution < -0.4 is 20.7 Å². The number of nitrogens with two attached hydrogens (primary N) is 1. The predicted octanol–water partition coefficient (Wildman–Crippen LogP) is 4.25. The second-order valence-corrected chi connectivity index (χ2v) is 7.20. The minimum absolute atomic E-state index is 0.341. The van der Waals surface area contributed by atoms with E-state index in [4.69, 9.17) is 11.8 Å². The lowest BCUT2D eigenvalue weighted by Crippen LogP contribution is -2.27. The summed E-state index contributed by atoms with van der Waals surface area (Å²) in [5, 5.41) is 7.26. The number of anilines is 5. The smallest absolute Gasteiger partial charge is 0.229 e. The van der Waals surface area contributed by atoms with Crippen molar-refractivity contribution in [1.29, 1.82) is 0 Å². The van der Waals surface area contributed by atoms with Crippen LogP contribution in [0.25, 0.3) is 6.08 Å². The van der Waals surface area contributed by atoms with Gasteiger partial charge in [0, 0.05) is 36.4 Å². The molecule has 5 rings (SSSR count). The number of nitrogens with zero attached hydrogens (tertiary/aromatic N) is 5. The SMILES string of the molecule is [2H]C1C(Oc2ccc(F)cc2)=Cc2cnc(Nc3cnn(C)c3)nc2N1c1cccc(N)c1. The molecule has 1 aliphatic rings. The molecule has 160 valence electrons. The number of hydrogen-bond acceptors (Lipinski definition) is 7. The lowest BCUT2D eigenvalue weighted by molar-refractivity contribution is 0.419. The summed E-state index contributed by atoms with van der Waals surface area (Å²) in [5.74, 6) is 1.28. The fraction of sp³-hybridized carbons (Fsp3) is 0.0870. The standard InChI is InChI=1S/C23H20FN7O/c1-30-13-18(12-27-30)28-23-26-11-15-9-21(32-20-7-5-16(24)6-8-20)14-31(22(15)29-23)19-4-2-3-17(25)10-19/h2-13H,14,25H2,1H3,(H,26,28,29)/i14D. The fourth-order valence-corrected chi connectivity index (χ4v) is 3.30. The van der Waals surface area contributed by atoms with E-state index in [0.717, 1.165) is 5.69 Å². The molecule has 9 heteroatoms. The Morgan fingerprint density at radius 3 is 2.78 bits per heavy atom. The van der Waals surface area contributed by atoms with Gasteiger partial charge in [-0.3, -0.25) is 4.68 Å². The molecule has 3 heterocycles. The molecule has 1 unspecified atom stereocenters. The number of halogens is 1. The van der Waals surface area contributed by atoms with Gasteiger partial charge >= 0.3 is 0 Å². The number of rotatable bonds is 5. The molecule has 32 heavy (non-hydrogen) atoms. The van der Waals surface area contributed by atoms with Gasteiger partial charge in [0.1, 0.15) is 23.1 Å². The highest BCUT2D eigenvalue weighted by molar-refractivity contribution is 5.77. The Bertz CT molecular complexity index is 1340. The molecule has 3 N–H and O–H groups in total. The van der Waals surface area contributed by atoms with Crippen molar-refractivity contribution < 1.29 is 10.5 Å². The second kappa shape index (κ2) is 8.03. The molecule has 8 nitrogen and oxygen atoms in total. The van der Waals surface area contributed by atoms with Crippen LogP contribution in [0.2, 0.25) is 0 Å². The lowest BCUT2D eigenvalue weighted by atomic mass is 10.1.